The largest absolute Gasteiger partial charge is 0.235 e. The lowest BCUT2D eigenvalue weighted by Crippen LogP contribution is -1.86. The highest BCUT2D eigenvalue weighted by atomic mass is 79.9. The van der Waals surface area contributed by atoms with E-state index < -0.39 is 0 Å². The molecule has 0 fully saturated rings. The van der Waals surface area contributed by atoms with Crippen molar-refractivity contribution in [1.82, 2.24) is 4.98 Å². The Morgan fingerprint density at radius 1 is 1.27 bits per heavy atom. The summed E-state index contributed by atoms with van der Waals surface area (Å²) in [5, 5.41) is 10.5. The van der Waals surface area contributed by atoms with Gasteiger partial charge in [0, 0.05) is 14.9 Å². The lowest BCUT2D eigenvalue weighted by atomic mass is 10.1. The summed E-state index contributed by atoms with van der Waals surface area (Å²) in [4.78, 5) is 4.13. The van der Waals surface area contributed by atoms with Gasteiger partial charge in [-0.1, -0.05) is 23.2 Å². The van der Waals surface area contributed by atoms with Gasteiger partial charge >= 0.3 is 0 Å². The quantitative estimate of drug-likeness (QED) is 0.685. The van der Waals surface area contributed by atoms with Crippen LogP contribution in [-0.2, 0) is 0 Å². The molecule has 2 aromatic rings. The second kappa shape index (κ2) is 3.97. The Morgan fingerprint density at radius 3 is 2.67 bits per heavy atom. The van der Waals surface area contributed by atoms with Crippen molar-refractivity contribution in [3.05, 3.63) is 38.4 Å². The zero-order chi connectivity index (χ0) is 11.0. The van der Waals surface area contributed by atoms with Crippen LogP contribution in [0.25, 0.3) is 10.9 Å². The third-order valence-corrected chi connectivity index (χ3v) is 2.94. The van der Waals surface area contributed by atoms with E-state index in [0.29, 0.717) is 26.6 Å². The molecule has 0 atom stereocenters. The Kier molecular flexibility index (Phi) is 2.83. The number of benzene rings is 1. The number of rotatable bonds is 0. The zero-order valence-corrected chi connectivity index (χ0v) is 10.4. The summed E-state index contributed by atoms with van der Waals surface area (Å²) in [5.41, 5.74) is 1.11. The number of fused-ring (bicyclic) bond motifs is 1. The second-order valence-electron chi connectivity index (χ2n) is 2.89. The number of hydrogen-bond acceptors (Lipinski definition) is 2. The van der Waals surface area contributed by atoms with Crippen LogP contribution in [0.1, 0.15) is 5.56 Å². The highest BCUT2D eigenvalue weighted by Crippen LogP contribution is 2.30. The van der Waals surface area contributed by atoms with Crippen molar-refractivity contribution in [2.45, 2.75) is 0 Å². The summed E-state index contributed by atoms with van der Waals surface area (Å²) in [7, 11) is 0. The summed E-state index contributed by atoms with van der Waals surface area (Å²) in [6.07, 6.45) is 0. The van der Waals surface area contributed by atoms with Crippen LogP contribution in [0.2, 0.25) is 10.2 Å². The van der Waals surface area contributed by atoms with Gasteiger partial charge in [-0.2, -0.15) is 5.26 Å². The summed E-state index contributed by atoms with van der Waals surface area (Å²) >= 11 is 15.0. The van der Waals surface area contributed by atoms with Crippen molar-refractivity contribution in [3.63, 3.8) is 0 Å². The minimum Gasteiger partial charge on any atom is -0.235 e. The molecule has 0 aliphatic rings. The van der Waals surface area contributed by atoms with Gasteiger partial charge in [0.1, 0.15) is 5.15 Å². The van der Waals surface area contributed by atoms with Gasteiger partial charge in [0.15, 0.2) is 0 Å². The van der Waals surface area contributed by atoms with Crippen molar-refractivity contribution in [2.24, 2.45) is 0 Å². The maximum Gasteiger partial charge on any atom is 0.131 e. The van der Waals surface area contributed by atoms with Gasteiger partial charge in [0.05, 0.1) is 17.1 Å². The van der Waals surface area contributed by atoms with E-state index in [1.165, 1.54) is 6.07 Å². The zero-order valence-electron chi connectivity index (χ0n) is 7.26. The molecule has 2 nitrogen and oxygen atoms in total. The first-order valence-electron chi connectivity index (χ1n) is 3.97. The SMILES string of the molecule is N#Cc1cc(Cl)nc2c(Br)cc(Cl)cc12. The summed E-state index contributed by atoms with van der Waals surface area (Å²) in [5.74, 6) is 0. The second-order valence-corrected chi connectivity index (χ2v) is 4.57. The van der Waals surface area contributed by atoms with Crippen LogP contribution in [-0.4, -0.2) is 4.98 Å². The normalized spacial score (nSPS) is 10.3. The van der Waals surface area contributed by atoms with Crippen LogP contribution in [0.3, 0.4) is 0 Å². The molecule has 0 radical (unpaired) electrons. The van der Waals surface area contributed by atoms with E-state index in [2.05, 4.69) is 27.0 Å². The highest BCUT2D eigenvalue weighted by Gasteiger charge is 2.08. The molecule has 74 valence electrons. The Bertz CT molecular complexity index is 590. The predicted octanol–water partition coefficient (Wildman–Crippen LogP) is 4.18. The van der Waals surface area contributed by atoms with Crippen molar-refractivity contribution in [1.29, 1.82) is 5.26 Å². The fourth-order valence-electron chi connectivity index (χ4n) is 1.31. The first-order chi connectivity index (χ1) is 7.11. The van der Waals surface area contributed by atoms with Crippen LogP contribution in [0.15, 0.2) is 22.7 Å². The molecule has 1 aromatic carbocycles. The number of aromatic nitrogens is 1. The Balaban J connectivity index is 2.98. The van der Waals surface area contributed by atoms with Crippen molar-refractivity contribution in [2.75, 3.05) is 0 Å². The van der Waals surface area contributed by atoms with Crippen molar-refractivity contribution >= 4 is 50.0 Å². The minimum absolute atomic E-state index is 0.294. The summed E-state index contributed by atoms with van der Waals surface area (Å²) in [6.45, 7) is 0. The molecule has 1 heterocycles. The van der Waals surface area contributed by atoms with Gasteiger partial charge in [0.25, 0.3) is 0 Å². The third kappa shape index (κ3) is 1.93. The average Bonchev–Trinajstić information content (AvgIpc) is 2.18. The summed E-state index contributed by atoms with van der Waals surface area (Å²) in [6, 6.07) is 7.00. The topological polar surface area (TPSA) is 36.7 Å². The maximum absolute atomic E-state index is 8.95. The van der Waals surface area contributed by atoms with E-state index in [9.17, 15) is 0 Å². The van der Waals surface area contributed by atoms with E-state index in [4.69, 9.17) is 28.5 Å². The van der Waals surface area contributed by atoms with Gasteiger partial charge in [-0.25, -0.2) is 4.98 Å². The Hall–Kier alpha value is -0.820. The fraction of sp³-hybridized carbons (Fsp3) is 0. The number of nitrogens with zero attached hydrogens (tertiary/aromatic N) is 2. The van der Waals surface area contributed by atoms with Crippen LogP contribution < -0.4 is 0 Å². The van der Waals surface area contributed by atoms with E-state index in [0.717, 1.165) is 4.47 Å². The molecule has 0 saturated carbocycles. The van der Waals surface area contributed by atoms with Crippen LogP contribution >= 0.6 is 39.1 Å². The van der Waals surface area contributed by atoms with Gasteiger partial charge in [-0.3, -0.25) is 0 Å². The van der Waals surface area contributed by atoms with Gasteiger partial charge < -0.3 is 0 Å². The average molecular weight is 302 g/mol. The van der Waals surface area contributed by atoms with Gasteiger partial charge in [-0.05, 0) is 34.1 Å². The molecular weight excluding hydrogens is 299 g/mol. The maximum atomic E-state index is 8.95. The van der Waals surface area contributed by atoms with Crippen molar-refractivity contribution < 1.29 is 0 Å². The molecule has 0 N–H and O–H groups in total. The molecule has 0 aliphatic carbocycles. The molecule has 0 amide bonds. The number of pyridine rings is 1. The monoisotopic (exact) mass is 300 g/mol. The van der Waals surface area contributed by atoms with Crippen molar-refractivity contribution in [3.8, 4) is 6.07 Å². The third-order valence-electron chi connectivity index (χ3n) is 1.92. The molecule has 15 heavy (non-hydrogen) atoms. The smallest absolute Gasteiger partial charge is 0.131 e. The Morgan fingerprint density at radius 2 is 2.00 bits per heavy atom. The number of halogens is 3. The molecule has 0 aliphatic heterocycles. The Labute approximate surface area is 105 Å². The van der Waals surface area contributed by atoms with Gasteiger partial charge in [0.2, 0.25) is 0 Å². The lowest BCUT2D eigenvalue weighted by Gasteiger charge is -2.03. The van der Waals surface area contributed by atoms with Crippen LogP contribution in [0, 0.1) is 11.3 Å². The van der Waals surface area contributed by atoms with E-state index in [1.54, 1.807) is 12.1 Å². The molecule has 0 bridgehead atoms. The molecule has 5 heteroatoms. The summed E-state index contributed by atoms with van der Waals surface area (Å²) < 4.78 is 0.726. The molecule has 2 rings (SSSR count). The first kappa shape index (κ1) is 10.7. The minimum atomic E-state index is 0.294. The van der Waals surface area contributed by atoms with E-state index in [-0.39, 0.29) is 0 Å². The number of nitriles is 1. The van der Waals surface area contributed by atoms with Gasteiger partial charge in [-0.15, -0.1) is 0 Å². The molecular formula is C10H3BrCl2N2. The molecule has 1 aromatic heterocycles. The van der Waals surface area contributed by atoms with Crippen LogP contribution in [0.5, 0.6) is 0 Å². The predicted molar refractivity (Wildman–Crippen MR) is 64.2 cm³/mol. The van der Waals surface area contributed by atoms with E-state index in [1.807, 2.05) is 0 Å². The van der Waals surface area contributed by atoms with E-state index >= 15 is 0 Å². The highest BCUT2D eigenvalue weighted by molar-refractivity contribution is 9.10. The molecule has 0 unspecified atom stereocenters. The fourth-order valence-corrected chi connectivity index (χ4v) is 2.41. The standard InChI is InChI=1S/C10H3BrCl2N2/c11-8-3-6(12)2-7-5(4-14)1-9(13)15-10(7)8/h1-3H. The molecule has 0 saturated heterocycles. The number of hydrogen-bond donors (Lipinski definition) is 0. The first-order valence-corrected chi connectivity index (χ1v) is 5.52. The molecule has 0 spiro atoms. The van der Waals surface area contributed by atoms with Crippen LogP contribution in [0.4, 0.5) is 0 Å². The lowest BCUT2D eigenvalue weighted by molar-refractivity contribution is 1.38.